The summed E-state index contributed by atoms with van der Waals surface area (Å²) in [7, 11) is 0. The van der Waals surface area contributed by atoms with Crippen molar-refractivity contribution in [3.8, 4) is 11.8 Å². The fourth-order valence-corrected chi connectivity index (χ4v) is 2.57. The molecule has 0 saturated heterocycles. The monoisotopic (exact) mass is 373 g/mol. The van der Waals surface area contributed by atoms with Crippen LogP contribution in [0.15, 0.2) is 40.8 Å². The molecule has 1 aromatic heterocycles. The molecule has 0 bridgehead atoms. The average molecular weight is 374 g/mol. The van der Waals surface area contributed by atoms with E-state index in [1.165, 1.54) is 0 Å². The van der Waals surface area contributed by atoms with Crippen molar-refractivity contribution in [1.82, 2.24) is 4.90 Å². The number of furan rings is 1. The maximum absolute atomic E-state index is 13.0. The highest BCUT2D eigenvalue weighted by molar-refractivity contribution is 6.30. The highest BCUT2D eigenvalue weighted by Gasteiger charge is 2.23. The van der Waals surface area contributed by atoms with Crippen LogP contribution in [0.25, 0.3) is 0 Å². The standard InChI is InChI=1S/C21H24ClNO3/c1-5-15(2)23(14-16-7-6-8-17(22)13-16)20(24)19-10-9-18(26-19)11-12-21(3,4)25/h6-10,13,15,25H,5,14H2,1-4H3/t15-/m1/s1. The lowest BCUT2D eigenvalue weighted by molar-refractivity contribution is 0.0638. The minimum absolute atomic E-state index is 0.0393. The van der Waals surface area contributed by atoms with Crippen molar-refractivity contribution >= 4 is 17.5 Å². The molecule has 0 fully saturated rings. The van der Waals surface area contributed by atoms with Crippen LogP contribution >= 0.6 is 11.6 Å². The Morgan fingerprint density at radius 1 is 1.35 bits per heavy atom. The van der Waals surface area contributed by atoms with E-state index in [0.29, 0.717) is 17.3 Å². The molecular formula is C21H24ClNO3. The van der Waals surface area contributed by atoms with Gasteiger partial charge in [-0.2, -0.15) is 0 Å². The third-order valence-corrected chi connectivity index (χ3v) is 4.17. The zero-order valence-corrected chi connectivity index (χ0v) is 16.3. The molecule has 0 unspecified atom stereocenters. The summed E-state index contributed by atoms with van der Waals surface area (Å²) >= 11 is 6.06. The quantitative estimate of drug-likeness (QED) is 0.785. The molecule has 5 heteroatoms. The Kier molecular flexibility index (Phi) is 6.52. The molecule has 1 amide bonds. The second kappa shape index (κ2) is 8.44. The Labute approximate surface area is 159 Å². The normalized spacial score (nSPS) is 12.2. The van der Waals surface area contributed by atoms with Crippen LogP contribution in [0.1, 0.15) is 56.0 Å². The summed E-state index contributed by atoms with van der Waals surface area (Å²) < 4.78 is 5.58. The molecular weight excluding hydrogens is 350 g/mol. The molecule has 1 atom stereocenters. The summed E-state index contributed by atoms with van der Waals surface area (Å²) in [5, 5.41) is 10.3. The van der Waals surface area contributed by atoms with Crippen LogP contribution in [0.3, 0.4) is 0 Å². The number of nitrogens with zero attached hydrogens (tertiary/aromatic N) is 1. The summed E-state index contributed by atoms with van der Waals surface area (Å²) in [4.78, 5) is 14.7. The van der Waals surface area contributed by atoms with Gasteiger partial charge in [0.2, 0.25) is 0 Å². The van der Waals surface area contributed by atoms with Gasteiger partial charge in [0.05, 0.1) is 0 Å². The van der Waals surface area contributed by atoms with E-state index < -0.39 is 5.60 Å². The number of amides is 1. The van der Waals surface area contributed by atoms with Crippen molar-refractivity contribution in [3.05, 3.63) is 58.5 Å². The van der Waals surface area contributed by atoms with E-state index in [0.717, 1.165) is 12.0 Å². The van der Waals surface area contributed by atoms with Crippen LogP contribution in [0.5, 0.6) is 0 Å². The summed E-state index contributed by atoms with van der Waals surface area (Å²) in [6, 6.07) is 10.8. The molecule has 2 aromatic rings. The summed E-state index contributed by atoms with van der Waals surface area (Å²) in [6.45, 7) is 7.65. The van der Waals surface area contributed by atoms with Gasteiger partial charge in [-0.25, -0.2) is 0 Å². The Morgan fingerprint density at radius 2 is 2.08 bits per heavy atom. The number of hydrogen-bond donors (Lipinski definition) is 1. The first-order valence-electron chi connectivity index (χ1n) is 8.60. The van der Waals surface area contributed by atoms with Crippen molar-refractivity contribution in [2.75, 3.05) is 0 Å². The van der Waals surface area contributed by atoms with Gasteiger partial charge in [-0.3, -0.25) is 4.79 Å². The largest absolute Gasteiger partial charge is 0.443 e. The Bertz CT molecular complexity index is 824. The zero-order valence-electron chi connectivity index (χ0n) is 15.5. The van der Waals surface area contributed by atoms with Crippen LogP contribution in [0, 0.1) is 11.8 Å². The zero-order chi connectivity index (χ0) is 19.3. The number of benzene rings is 1. The number of aliphatic hydroxyl groups is 1. The Morgan fingerprint density at radius 3 is 2.69 bits per heavy atom. The number of hydrogen-bond acceptors (Lipinski definition) is 3. The number of carbonyl (C=O) groups is 1. The van der Waals surface area contributed by atoms with Crippen LogP contribution in [0.2, 0.25) is 5.02 Å². The Balaban J connectivity index is 2.24. The van der Waals surface area contributed by atoms with Gasteiger partial charge in [0, 0.05) is 17.6 Å². The minimum atomic E-state index is -1.12. The first kappa shape index (κ1) is 20.1. The molecule has 1 N–H and O–H groups in total. The molecule has 0 radical (unpaired) electrons. The smallest absolute Gasteiger partial charge is 0.290 e. The molecule has 0 aliphatic heterocycles. The van der Waals surface area contributed by atoms with Crippen molar-refractivity contribution in [1.29, 1.82) is 0 Å². The number of carbonyl (C=O) groups excluding carboxylic acids is 1. The van der Waals surface area contributed by atoms with Crippen LogP contribution in [-0.4, -0.2) is 27.6 Å². The van der Waals surface area contributed by atoms with E-state index in [-0.39, 0.29) is 17.7 Å². The third kappa shape index (κ3) is 5.66. The first-order valence-corrected chi connectivity index (χ1v) is 8.98. The molecule has 0 aliphatic carbocycles. The van der Waals surface area contributed by atoms with Gasteiger partial charge in [0.15, 0.2) is 11.5 Å². The van der Waals surface area contributed by atoms with Crippen molar-refractivity contribution in [3.63, 3.8) is 0 Å². The third-order valence-electron chi connectivity index (χ3n) is 3.93. The van der Waals surface area contributed by atoms with Crippen molar-refractivity contribution in [2.24, 2.45) is 0 Å². The van der Waals surface area contributed by atoms with Gasteiger partial charge in [0.25, 0.3) is 5.91 Å². The molecule has 138 valence electrons. The highest BCUT2D eigenvalue weighted by Crippen LogP contribution is 2.19. The maximum atomic E-state index is 13.0. The average Bonchev–Trinajstić information content (AvgIpc) is 3.05. The van der Waals surface area contributed by atoms with Gasteiger partial charge < -0.3 is 14.4 Å². The molecule has 0 aliphatic rings. The second-order valence-electron chi connectivity index (χ2n) is 6.79. The number of halogens is 1. The molecule has 0 spiro atoms. The van der Waals surface area contributed by atoms with Gasteiger partial charge in [-0.1, -0.05) is 36.6 Å². The predicted octanol–water partition coefficient (Wildman–Crippen LogP) is 4.50. The Hall–Kier alpha value is -2.22. The summed E-state index contributed by atoms with van der Waals surface area (Å²) in [5.41, 5.74) is -0.161. The predicted molar refractivity (Wildman–Crippen MR) is 103 cm³/mol. The lowest BCUT2D eigenvalue weighted by atomic mass is 10.1. The fourth-order valence-electron chi connectivity index (χ4n) is 2.36. The molecule has 1 aromatic carbocycles. The lowest BCUT2D eigenvalue weighted by Crippen LogP contribution is -2.37. The highest BCUT2D eigenvalue weighted by atomic mass is 35.5. The second-order valence-corrected chi connectivity index (χ2v) is 7.23. The topological polar surface area (TPSA) is 53.7 Å². The first-order chi connectivity index (χ1) is 12.2. The number of rotatable bonds is 5. The van der Waals surface area contributed by atoms with Gasteiger partial charge in [0.1, 0.15) is 5.60 Å². The van der Waals surface area contributed by atoms with E-state index in [1.807, 2.05) is 32.0 Å². The lowest BCUT2D eigenvalue weighted by Gasteiger charge is -2.28. The van der Waals surface area contributed by atoms with E-state index in [4.69, 9.17) is 16.0 Å². The van der Waals surface area contributed by atoms with E-state index in [2.05, 4.69) is 11.8 Å². The van der Waals surface area contributed by atoms with Crippen molar-refractivity contribution in [2.45, 2.75) is 52.3 Å². The molecule has 4 nitrogen and oxygen atoms in total. The minimum Gasteiger partial charge on any atom is -0.443 e. The van der Waals surface area contributed by atoms with E-state index in [9.17, 15) is 9.90 Å². The van der Waals surface area contributed by atoms with Gasteiger partial charge in [-0.15, -0.1) is 0 Å². The molecule has 0 saturated carbocycles. The molecule has 2 rings (SSSR count). The van der Waals surface area contributed by atoms with Crippen LogP contribution < -0.4 is 0 Å². The SMILES string of the molecule is CC[C@@H](C)N(Cc1cccc(Cl)c1)C(=O)c1ccc(C#CC(C)(C)O)o1. The van der Waals surface area contributed by atoms with Crippen molar-refractivity contribution < 1.29 is 14.3 Å². The fraction of sp³-hybridized carbons (Fsp3) is 0.381. The molecule has 26 heavy (non-hydrogen) atoms. The molecule has 1 heterocycles. The van der Waals surface area contributed by atoms with Crippen LogP contribution in [0.4, 0.5) is 0 Å². The summed E-state index contributed by atoms with van der Waals surface area (Å²) in [6.07, 6.45) is 0.818. The van der Waals surface area contributed by atoms with Crippen LogP contribution in [-0.2, 0) is 6.54 Å². The van der Waals surface area contributed by atoms with Gasteiger partial charge >= 0.3 is 0 Å². The van der Waals surface area contributed by atoms with E-state index in [1.54, 1.807) is 36.9 Å². The summed E-state index contributed by atoms with van der Waals surface area (Å²) in [5.74, 6) is 5.80. The maximum Gasteiger partial charge on any atom is 0.290 e. The van der Waals surface area contributed by atoms with Gasteiger partial charge in [-0.05, 0) is 62.9 Å². The van der Waals surface area contributed by atoms with E-state index >= 15 is 0 Å².